The van der Waals surface area contributed by atoms with Crippen LogP contribution in [-0.4, -0.2) is 17.1 Å². The van der Waals surface area contributed by atoms with Crippen LogP contribution >= 0.6 is 0 Å². The zero-order chi connectivity index (χ0) is 16.3. The van der Waals surface area contributed by atoms with E-state index >= 15 is 0 Å². The van der Waals surface area contributed by atoms with Crippen molar-refractivity contribution >= 4 is 5.96 Å². The molecule has 2 aliphatic carbocycles. The predicted octanol–water partition coefficient (Wildman–Crippen LogP) is 0.625. The molecule has 4 N–H and O–H groups in total. The molecule has 0 bridgehead atoms. The molecular formula is C15H26N4O3. The second kappa shape index (κ2) is 6.98. The lowest BCUT2D eigenvalue weighted by atomic mass is 9.72. The van der Waals surface area contributed by atoms with E-state index in [4.69, 9.17) is 21.1 Å². The van der Waals surface area contributed by atoms with Crippen LogP contribution in [0.2, 0.25) is 0 Å². The Labute approximate surface area is 130 Å². The maximum atomic E-state index is 8.25. The maximum Gasteiger partial charge on any atom is 0.346 e. The first-order valence-corrected chi connectivity index (χ1v) is 8.14. The number of guanidine groups is 1. The smallest absolute Gasteiger partial charge is 0.346 e. The lowest BCUT2D eigenvalue weighted by molar-refractivity contribution is -0.516. The molecule has 0 amide bonds. The van der Waals surface area contributed by atoms with Crippen molar-refractivity contribution in [1.82, 2.24) is 5.32 Å². The van der Waals surface area contributed by atoms with Gasteiger partial charge in [0, 0.05) is 5.92 Å². The van der Waals surface area contributed by atoms with Gasteiger partial charge in [-0.15, -0.1) is 0 Å². The summed E-state index contributed by atoms with van der Waals surface area (Å²) in [6.07, 6.45) is 7.87. The summed E-state index contributed by atoms with van der Waals surface area (Å²) in [7, 11) is 0. The summed E-state index contributed by atoms with van der Waals surface area (Å²) in [6, 6.07) is 0.593. The van der Waals surface area contributed by atoms with Gasteiger partial charge in [0.2, 0.25) is 0 Å². The number of rotatable bonds is 3. The summed E-state index contributed by atoms with van der Waals surface area (Å²) >= 11 is 0. The van der Waals surface area contributed by atoms with E-state index in [0.717, 1.165) is 17.8 Å². The Bertz CT molecular complexity index is 485. The first-order chi connectivity index (χ1) is 10.4. The minimum atomic E-state index is -1.75. The van der Waals surface area contributed by atoms with E-state index in [9.17, 15) is 0 Å². The summed E-state index contributed by atoms with van der Waals surface area (Å²) in [5, 5.41) is 18.2. The molecule has 1 saturated carbocycles. The molecule has 1 heterocycles. The minimum Gasteiger partial charge on any atom is -0.356 e. The monoisotopic (exact) mass is 310 g/mol. The number of hydrogen-bond acceptors (Lipinski definition) is 5. The highest BCUT2D eigenvalue weighted by molar-refractivity contribution is 5.75. The summed E-state index contributed by atoms with van der Waals surface area (Å²) in [6.45, 7) is 4.68. The molecule has 22 heavy (non-hydrogen) atoms. The van der Waals surface area contributed by atoms with E-state index < -0.39 is 5.09 Å². The maximum absolute atomic E-state index is 8.25. The van der Waals surface area contributed by atoms with E-state index in [1.165, 1.54) is 44.2 Å². The molecule has 7 heteroatoms. The Hall–Kier alpha value is -1.79. The van der Waals surface area contributed by atoms with Crippen LogP contribution in [0.5, 0.6) is 0 Å². The average Bonchev–Trinajstić information content (AvgIpc) is 2.81. The van der Waals surface area contributed by atoms with Crippen molar-refractivity contribution in [2.45, 2.75) is 58.4 Å². The molecule has 0 radical (unpaired) electrons. The number of nitrogens with zero attached hydrogens (tertiary/aromatic N) is 1. The number of unbranched alkanes of at least 4 members (excludes halogenated alkanes) is 1. The molecule has 0 aromatic rings. The SMILES string of the molecule is CCCCC1=C2NC(N)=[NH+][C@H]3CC[C@@H](C[C@@H]1C)[C@@H]23.O=[N+]([O-])[O-]. The number of nitrogens with two attached hydrogens (primary N) is 1. The van der Waals surface area contributed by atoms with Gasteiger partial charge in [0.1, 0.15) is 0 Å². The Kier molecular flexibility index (Phi) is 5.26. The van der Waals surface area contributed by atoms with Gasteiger partial charge in [0.05, 0.1) is 16.8 Å². The van der Waals surface area contributed by atoms with Crippen molar-refractivity contribution in [3.8, 4) is 0 Å². The van der Waals surface area contributed by atoms with Crippen molar-refractivity contribution < 1.29 is 10.1 Å². The second-order valence-electron chi connectivity index (χ2n) is 6.56. The third-order valence-electron chi connectivity index (χ3n) is 5.13. The van der Waals surface area contributed by atoms with Crippen LogP contribution in [0.15, 0.2) is 11.3 Å². The van der Waals surface area contributed by atoms with Crippen LogP contribution in [0, 0.1) is 33.1 Å². The number of allylic oxidation sites excluding steroid dienone is 1. The first kappa shape index (κ1) is 16.6. The van der Waals surface area contributed by atoms with Gasteiger partial charge in [0.25, 0.3) is 0 Å². The van der Waals surface area contributed by atoms with Crippen LogP contribution in [0.3, 0.4) is 0 Å². The predicted molar refractivity (Wildman–Crippen MR) is 84.0 cm³/mol. The molecule has 124 valence electrons. The molecule has 1 fully saturated rings. The van der Waals surface area contributed by atoms with Gasteiger partial charge in [0.15, 0.2) is 0 Å². The average molecular weight is 310 g/mol. The highest BCUT2D eigenvalue weighted by atomic mass is 16.9. The molecule has 1 aliphatic heterocycles. The lowest BCUT2D eigenvalue weighted by Crippen LogP contribution is -2.88. The van der Waals surface area contributed by atoms with Gasteiger partial charge < -0.3 is 15.3 Å². The standard InChI is InChI=1S/C15H25N3.NO3/c1-3-4-5-11-9(2)8-10-6-7-12-13(10)14(11)18-15(16)17-12;2-1(3)4/h9-10,12-13H,3-8H2,1-2H3,(H3,16,17,18);/q;-1/p+1/t9-,10-,12-,13+;/m0./s1. The molecular weight excluding hydrogens is 284 g/mol. The zero-order valence-electron chi connectivity index (χ0n) is 13.3. The summed E-state index contributed by atoms with van der Waals surface area (Å²) in [4.78, 5) is 11.7. The molecule has 0 aromatic heterocycles. The fourth-order valence-electron chi connectivity index (χ4n) is 4.31. The largest absolute Gasteiger partial charge is 0.356 e. The quantitative estimate of drug-likeness (QED) is 0.522. The Morgan fingerprint density at radius 2 is 2.09 bits per heavy atom. The minimum absolute atomic E-state index is 0.593. The number of nitrogens with one attached hydrogen (secondary N) is 2. The molecule has 3 rings (SSSR count). The third-order valence-corrected chi connectivity index (χ3v) is 5.13. The zero-order valence-corrected chi connectivity index (χ0v) is 13.3. The molecule has 0 unspecified atom stereocenters. The van der Waals surface area contributed by atoms with Crippen molar-refractivity contribution in [2.75, 3.05) is 0 Å². The van der Waals surface area contributed by atoms with Crippen molar-refractivity contribution in [2.24, 2.45) is 23.5 Å². The fraction of sp³-hybridized carbons (Fsp3) is 0.800. The molecule has 3 aliphatic rings. The van der Waals surface area contributed by atoms with Crippen LogP contribution in [0.4, 0.5) is 0 Å². The summed E-state index contributed by atoms with van der Waals surface area (Å²) in [5.41, 5.74) is 9.18. The Balaban J connectivity index is 0.000000396. The fourth-order valence-corrected chi connectivity index (χ4v) is 4.31. The van der Waals surface area contributed by atoms with Crippen molar-refractivity contribution in [3.05, 3.63) is 26.6 Å². The van der Waals surface area contributed by atoms with Crippen LogP contribution in [0.1, 0.15) is 52.4 Å². The summed E-state index contributed by atoms with van der Waals surface area (Å²) in [5.74, 6) is 3.10. The van der Waals surface area contributed by atoms with Gasteiger partial charge in [-0.2, -0.15) is 0 Å². The highest BCUT2D eigenvalue weighted by Crippen LogP contribution is 2.46. The topological polar surface area (TPSA) is 118 Å². The van der Waals surface area contributed by atoms with Gasteiger partial charge >= 0.3 is 5.96 Å². The van der Waals surface area contributed by atoms with Gasteiger partial charge in [-0.1, -0.05) is 20.3 Å². The third kappa shape index (κ3) is 3.51. The normalized spacial score (nSPS) is 32.4. The highest BCUT2D eigenvalue weighted by Gasteiger charge is 2.47. The van der Waals surface area contributed by atoms with Crippen molar-refractivity contribution in [1.29, 1.82) is 0 Å². The van der Waals surface area contributed by atoms with E-state index in [0.29, 0.717) is 12.0 Å². The molecule has 4 atom stereocenters. The molecule has 0 aromatic carbocycles. The molecule has 0 saturated heterocycles. The van der Waals surface area contributed by atoms with Crippen LogP contribution in [0.25, 0.3) is 0 Å². The lowest BCUT2D eigenvalue weighted by Gasteiger charge is -2.36. The van der Waals surface area contributed by atoms with Crippen LogP contribution in [-0.2, 0) is 0 Å². The number of hydrogen-bond donors (Lipinski definition) is 3. The van der Waals surface area contributed by atoms with E-state index in [1.807, 2.05) is 0 Å². The van der Waals surface area contributed by atoms with Crippen LogP contribution < -0.4 is 16.0 Å². The molecule has 7 nitrogen and oxygen atoms in total. The molecule has 0 spiro atoms. The first-order valence-electron chi connectivity index (χ1n) is 8.14. The van der Waals surface area contributed by atoms with Gasteiger partial charge in [-0.05, 0) is 49.5 Å². The Morgan fingerprint density at radius 1 is 1.41 bits per heavy atom. The van der Waals surface area contributed by atoms with E-state index in [-0.39, 0.29) is 0 Å². The van der Waals surface area contributed by atoms with Gasteiger partial charge in [-0.3, -0.25) is 10.7 Å². The summed E-state index contributed by atoms with van der Waals surface area (Å²) < 4.78 is 0. The second-order valence-corrected chi connectivity index (χ2v) is 6.56. The van der Waals surface area contributed by atoms with Gasteiger partial charge in [-0.25, -0.2) is 5.32 Å². The Morgan fingerprint density at radius 3 is 2.73 bits per heavy atom. The van der Waals surface area contributed by atoms with E-state index in [1.54, 1.807) is 5.57 Å². The van der Waals surface area contributed by atoms with E-state index in [2.05, 4.69) is 24.2 Å². The van der Waals surface area contributed by atoms with Crippen molar-refractivity contribution in [3.63, 3.8) is 0 Å².